The molecule has 0 radical (unpaired) electrons. The van der Waals surface area contributed by atoms with Crippen molar-refractivity contribution in [3.63, 3.8) is 0 Å². The first kappa shape index (κ1) is 23.7. The third kappa shape index (κ3) is 5.44. The van der Waals surface area contributed by atoms with Crippen molar-refractivity contribution in [2.75, 3.05) is 33.2 Å². The highest BCUT2D eigenvalue weighted by Gasteiger charge is 2.29. The van der Waals surface area contributed by atoms with Crippen LogP contribution in [0, 0.1) is 0 Å². The summed E-state index contributed by atoms with van der Waals surface area (Å²) in [4.78, 5) is 26.0. The normalized spacial score (nSPS) is 15.3. The highest BCUT2D eigenvalue weighted by atomic mass is 32.2. The number of nitrogens with one attached hydrogen (secondary N) is 1. The van der Waals surface area contributed by atoms with Gasteiger partial charge in [0.15, 0.2) is 0 Å². The Hall–Kier alpha value is -2.97. The minimum Gasteiger partial charge on any atom is -0.355 e. The highest BCUT2D eigenvalue weighted by Crippen LogP contribution is 2.21. The van der Waals surface area contributed by atoms with Gasteiger partial charge in [-0.2, -0.15) is 4.31 Å². The second-order valence-corrected chi connectivity index (χ2v) is 9.93. The summed E-state index contributed by atoms with van der Waals surface area (Å²) < 4.78 is 27.3. The molecule has 170 valence electrons. The Balaban J connectivity index is 1.58. The van der Waals surface area contributed by atoms with Crippen LogP contribution < -0.4 is 5.32 Å². The number of piperazine rings is 1. The monoisotopic (exact) mass is 455 g/mol. The predicted octanol–water partition coefficient (Wildman–Crippen LogP) is 2.72. The standard InChI is InChI=1S/C24H29N3O4S/c1-18(2)20-9-11-22(12-10-20)32(30,31)27-16-14-26(15-17-27)23(28)13-6-19-4-7-21(8-5-19)24(29)25-3/h4-13,18H,14-17H2,1-3H3,(H,25,29)/b13-6+. The fourth-order valence-electron chi connectivity index (χ4n) is 3.49. The molecule has 0 unspecified atom stereocenters. The third-order valence-corrected chi connectivity index (χ3v) is 7.47. The average molecular weight is 456 g/mol. The Morgan fingerprint density at radius 1 is 0.938 bits per heavy atom. The van der Waals surface area contributed by atoms with Crippen LogP contribution >= 0.6 is 0 Å². The van der Waals surface area contributed by atoms with Gasteiger partial charge in [-0.05, 0) is 47.4 Å². The maximum atomic E-state index is 12.9. The summed E-state index contributed by atoms with van der Waals surface area (Å²) in [6.07, 6.45) is 3.17. The van der Waals surface area contributed by atoms with Gasteiger partial charge in [0.1, 0.15) is 0 Å². The van der Waals surface area contributed by atoms with Gasteiger partial charge in [-0.1, -0.05) is 38.1 Å². The topological polar surface area (TPSA) is 86.8 Å². The van der Waals surface area contributed by atoms with Crippen LogP contribution in [0.5, 0.6) is 0 Å². The van der Waals surface area contributed by atoms with Crippen molar-refractivity contribution < 1.29 is 18.0 Å². The molecule has 1 saturated heterocycles. The summed E-state index contributed by atoms with van der Waals surface area (Å²) >= 11 is 0. The van der Waals surface area contributed by atoms with Gasteiger partial charge < -0.3 is 10.2 Å². The van der Waals surface area contributed by atoms with Gasteiger partial charge in [0, 0.05) is 44.9 Å². The average Bonchev–Trinajstić information content (AvgIpc) is 2.82. The number of rotatable bonds is 6. The van der Waals surface area contributed by atoms with Crippen LogP contribution in [0.15, 0.2) is 59.5 Å². The SMILES string of the molecule is CNC(=O)c1ccc(/C=C/C(=O)N2CCN(S(=O)(=O)c3ccc(C(C)C)cc3)CC2)cc1. The van der Waals surface area contributed by atoms with Gasteiger partial charge in [-0.3, -0.25) is 9.59 Å². The number of carbonyl (C=O) groups excluding carboxylic acids is 2. The van der Waals surface area contributed by atoms with Crippen LogP contribution in [-0.2, 0) is 14.8 Å². The number of hydrogen-bond donors (Lipinski definition) is 1. The second-order valence-electron chi connectivity index (χ2n) is 7.99. The molecule has 0 bridgehead atoms. The van der Waals surface area contributed by atoms with Crippen molar-refractivity contribution in [2.45, 2.75) is 24.7 Å². The smallest absolute Gasteiger partial charge is 0.251 e. The summed E-state index contributed by atoms with van der Waals surface area (Å²) in [7, 11) is -2.01. The Kier molecular flexibility index (Phi) is 7.48. The Bertz CT molecular complexity index is 1080. The lowest BCUT2D eigenvalue weighted by Crippen LogP contribution is -2.50. The molecule has 0 spiro atoms. The van der Waals surface area contributed by atoms with Gasteiger partial charge in [-0.15, -0.1) is 0 Å². The fraction of sp³-hybridized carbons (Fsp3) is 0.333. The Morgan fingerprint density at radius 3 is 2.06 bits per heavy atom. The lowest BCUT2D eigenvalue weighted by Gasteiger charge is -2.33. The first-order valence-electron chi connectivity index (χ1n) is 10.6. The first-order valence-corrected chi connectivity index (χ1v) is 12.1. The summed E-state index contributed by atoms with van der Waals surface area (Å²) in [6, 6.07) is 13.9. The maximum absolute atomic E-state index is 12.9. The van der Waals surface area contributed by atoms with Crippen molar-refractivity contribution in [2.24, 2.45) is 0 Å². The van der Waals surface area contributed by atoms with Crippen molar-refractivity contribution in [1.82, 2.24) is 14.5 Å². The minimum atomic E-state index is -3.58. The number of sulfonamides is 1. The van der Waals surface area contributed by atoms with Crippen LogP contribution in [0.3, 0.4) is 0 Å². The molecular formula is C24H29N3O4S. The summed E-state index contributed by atoms with van der Waals surface area (Å²) in [5, 5.41) is 2.56. The molecule has 2 amide bonds. The lowest BCUT2D eigenvalue weighted by molar-refractivity contribution is -0.127. The molecule has 32 heavy (non-hydrogen) atoms. The van der Waals surface area contributed by atoms with E-state index in [9.17, 15) is 18.0 Å². The molecule has 3 rings (SSSR count). The number of amides is 2. The van der Waals surface area contributed by atoms with E-state index in [2.05, 4.69) is 19.2 Å². The van der Waals surface area contributed by atoms with Gasteiger partial charge in [0.05, 0.1) is 4.90 Å². The molecule has 1 aliphatic heterocycles. The molecule has 1 fully saturated rings. The van der Waals surface area contributed by atoms with E-state index in [1.807, 2.05) is 12.1 Å². The molecule has 2 aromatic rings. The second kappa shape index (κ2) is 10.1. The van der Waals surface area contributed by atoms with Gasteiger partial charge in [-0.25, -0.2) is 8.42 Å². The molecule has 1 aliphatic rings. The van der Waals surface area contributed by atoms with E-state index in [1.54, 1.807) is 54.4 Å². The van der Waals surface area contributed by atoms with Crippen molar-refractivity contribution in [3.8, 4) is 0 Å². The third-order valence-electron chi connectivity index (χ3n) is 5.55. The predicted molar refractivity (Wildman–Crippen MR) is 125 cm³/mol. The molecule has 7 nitrogen and oxygen atoms in total. The van der Waals surface area contributed by atoms with E-state index in [-0.39, 0.29) is 29.8 Å². The highest BCUT2D eigenvalue weighted by molar-refractivity contribution is 7.89. The van der Waals surface area contributed by atoms with Crippen LogP contribution in [0.2, 0.25) is 0 Å². The first-order chi connectivity index (χ1) is 15.2. The molecule has 1 heterocycles. The van der Waals surface area contributed by atoms with E-state index in [1.165, 1.54) is 10.4 Å². The van der Waals surface area contributed by atoms with Crippen LogP contribution in [0.25, 0.3) is 6.08 Å². The lowest BCUT2D eigenvalue weighted by atomic mass is 10.0. The molecule has 1 N–H and O–H groups in total. The van der Waals surface area contributed by atoms with Crippen LogP contribution in [0.1, 0.15) is 41.3 Å². The van der Waals surface area contributed by atoms with Crippen molar-refractivity contribution >= 4 is 27.9 Å². The summed E-state index contributed by atoms with van der Waals surface area (Å²) in [6.45, 7) is 5.32. The van der Waals surface area contributed by atoms with E-state index in [0.29, 0.717) is 24.6 Å². The largest absolute Gasteiger partial charge is 0.355 e. The van der Waals surface area contributed by atoms with Crippen molar-refractivity contribution in [3.05, 3.63) is 71.3 Å². The molecule has 2 aromatic carbocycles. The quantitative estimate of drug-likeness (QED) is 0.679. The van der Waals surface area contributed by atoms with E-state index < -0.39 is 10.0 Å². The van der Waals surface area contributed by atoms with Gasteiger partial charge in [0.25, 0.3) is 5.91 Å². The summed E-state index contributed by atoms with van der Waals surface area (Å²) in [5.41, 5.74) is 2.44. The molecule has 0 saturated carbocycles. The zero-order valence-corrected chi connectivity index (χ0v) is 19.4. The minimum absolute atomic E-state index is 0.166. The molecule has 0 aliphatic carbocycles. The van der Waals surface area contributed by atoms with Crippen LogP contribution in [-0.4, -0.2) is 62.7 Å². The van der Waals surface area contributed by atoms with Gasteiger partial charge >= 0.3 is 0 Å². The van der Waals surface area contributed by atoms with E-state index in [4.69, 9.17) is 0 Å². The zero-order chi connectivity index (χ0) is 23.3. The molecule has 0 aromatic heterocycles. The number of nitrogens with zero attached hydrogens (tertiary/aromatic N) is 2. The number of carbonyl (C=O) groups is 2. The maximum Gasteiger partial charge on any atom is 0.251 e. The van der Waals surface area contributed by atoms with Crippen LogP contribution in [0.4, 0.5) is 0 Å². The van der Waals surface area contributed by atoms with Gasteiger partial charge in [0.2, 0.25) is 15.9 Å². The fourth-order valence-corrected chi connectivity index (χ4v) is 4.91. The number of hydrogen-bond acceptors (Lipinski definition) is 4. The van der Waals surface area contributed by atoms with E-state index >= 15 is 0 Å². The Labute approximate surface area is 189 Å². The molecule has 0 atom stereocenters. The number of benzene rings is 2. The Morgan fingerprint density at radius 2 is 1.53 bits per heavy atom. The summed E-state index contributed by atoms with van der Waals surface area (Å²) in [5.74, 6) is 0.00199. The zero-order valence-electron chi connectivity index (χ0n) is 18.6. The van der Waals surface area contributed by atoms with E-state index in [0.717, 1.165) is 11.1 Å². The molecular weight excluding hydrogens is 426 g/mol. The van der Waals surface area contributed by atoms with Crippen molar-refractivity contribution in [1.29, 1.82) is 0 Å². The molecule has 8 heteroatoms.